The van der Waals surface area contributed by atoms with Crippen LogP contribution in [0, 0.1) is 6.92 Å². The molecule has 1 aromatic heterocycles. The Hall–Kier alpha value is -2.78. The summed E-state index contributed by atoms with van der Waals surface area (Å²) in [6, 6.07) is 24.2. The van der Waals surface area contributed by atoms with Crippen LogP contribution in [0.1, 0.15) is 136 Å². The van der Waals surface area contributed by atoms with E-state index in [-0.39, 0.29) is 33.8 Å². The van der Waals surface area contributed by atoms with E-state index in [0.29, 0.717) is 0 Å². The number of anilines is 3. The molecule has 0 unspecified atom stereocenters. The Balaban J connectivity index is 1.76. The van der Waals surface area contributed by atoms with Crippen LogP contribution in [0.4, 0.5) is 17.1 Å². The first-order valence-corrected chi connectivity index (χ1v) is 18.3. The van der Waals surface area contributed by atoms with Crippen molar-refractivity contribution in [2.45, 2.75) is 137 Å². The molecule has 242 valence electrons. The van der Waals surface area contributed by atoms with Gasteiger partial charge in [-0.05, 0) is 98.3 Å². The van der Waals surface area contributed by atoms with Gasteiger partial charge in [-0.15, -0.1) is 0 Å². The highest BCUT2D eigenvalue weighted by Crippen LogP contribution is 2.55. The lowest BCUT2D eigenvalue weighted by atomic mass is 9.37. The maximum atomic E-state index is 2.70. The molecule has 1 nitrogen and oxygen atoms in total. The lowest BCUT2D eigenvalue weighted by Crippen LogP contribution is -2.56. The summed E-state index contributed by atoms with van der Waals surface area (Å²) >= 11 is 2.11. The molecule has 2 heterocycles. The molecule has 0 amide bonds. The molecule has 0 saturated heterocycles. The number of thiophene rings is 1. The van der Waals surface area contributed by atoms with E-state index in [9.17, 15) is 0 Å². The molecule has 1 aliphatic carbocycles. The summed E-state index contributed by atoms with van der Waals surface area (Å²) in [6.45, 7) is 33.6. The van der Waals surface area contributed by atoms with Crippen molar-refractivity contribution in [3.63, 3.8) is 0 Å². The van der Waals surface area contributed by atoms with Crippen LogP contribution < -0.4 is 20.6 Å². The highest BCUT2D eigenvalue weighted by molar-refractivity contribution is 7.29. The zero-order chi connectivity index (χ0) is 33.8. The molecule has 3 heteroatoms. The first kappa shape index (κ1) is 33.1. The van der Waals surface area contributed by atoms with Gasteiger partial charge in [0.05, 0.1) is 5.69 Å². The van der Waals surface area contributed by atoms with Crippen LogP contribution >= 0.6 is 11.3 Å². The highest BCUT2D eigenvalue weighted by Gasteiger charge is 2.48. The van der Waals surface area contributed by atoms with Gasteiger partial charge in [-0.2, -0.15) is 11.3 Å². The quantitative estimate of drug-likeness (QED) is 0.176. The van der Waals surface area contributed by atoms with Crippen LogP contribution in [0.15, 0.2) is 60.7 Å². The second-order valence-corrected chi connectivity index (χ2v) is 19.8. The van der Waals surface area contributed by atoms with Crippen LogP contribution in [0.25, 0.3) is 0 Å². The minimum Gasteiger partial charge on any atom is -0.310 e. The lowest BCUT2D eigenvalue weighted by molar-refractivity contribution is 0.339. The third-order valence-corrected chi connectivity index (χ3v) is 12.4. The van der Waals surface area contributed by atoms with Gasteiger partial charge in [-0.1, -0.05) is 138 Å². The van der Waals surface area contributed by atoms with Crippen LogP contribution in [-0.4, -0.2) is 6.71 Å². The maximum absolute atomic E-state index is 2.70. The molecule has 4 aromatic rings. The topological polar surface area (TPSA) is 3.24 Å². The van der Waals surface area contributed by atoms with Crippen molar-refractivity contribution in [3.05, 3.63) is 93.4 Å². The highest BCUT2D eigenvalue weighted by atomic mass is 32.1. The average molecular weight is 630 g/mol. The molecule has 0 saturated carbocycles. The van der Waals surface area contributed by atoms with Gasteiger partial charge in [-0.3, -0.25) is 0 Å². The molecule has 0 N–H and O–H groups in total. The summed E-state index contributed by atoms with van der Waals surface area (Å²) in [4.78, 5) is 4.29. The number of rotatable bonds is 2. The predicted octanol–water partition coefficient (Wildman–Crippen LogP) is 10.6. The van der Waals surface area contributed by atoms with Crippen molar-refractivity contribution >= 4 is 50.8 Å². The number of fused-ring (bicyclic) bond motifs is 4. The molecule has 46 heavy (non-hydrogen) atoms. The molecular formula is C43H56BNS. The molecule has 1 aliphatic heterocycles. The second-order valence-electron chi connectivity index (χ2n) is 18.8. The number of hydrogen-bond acceptors (Lipinski definition) is 2. The van der Waals surface area contributed by atoms with E-state index in [4.69, 9.17) is 0 Å². The molecule has 6 rings (SSSR count). The Bertz CT molecular complexity index is 1780. The van der Waals surface area contributed by atoms with Crippen LogP contribution in [0.3, 0.4) is 0 Å². The minimum atomic E-state index is 0.0370. The van der Waals surface area contributed by atoms with Crippen LogP contribution in [-0.2, 0) is 27.1 Å². The Labute approximate surface area is 284 Å². The molecule has 0 spiro atoms. The molecule has 3 aromatic carbocycles. The van der Waals surface area contributed by atoms with Crippen LogP contribution in [0.2, 0.25) is 0 Å². The molecule has 0 atom stereocenters. The normalized spacial score (nSPS) is 17.4. The van der Waals surface area contributed by atoms with E-state index >= 15 is 0 Å². The number of nitrogens with zero attached hydrogens (tertiary/aromatic N) is 1. The Morgan fingerprint density at radius 3 is 1.85 bits per heavy atom. The summed E-state index contributed by atoms with van der Waals surface area (Å²) in [7, 11) is 0. The summed E-state index contributed by atoms with van der Waals surface area (Å²) in [5.41, 5.74) is 14.4. The van der Waals surface area contributed by atoms with Gasteiger partial charge in [0.2, 0.25) is 0 Å². The number of aryl methyl sites for hydroxylation is 1. The summed E-state index contributed by atoms with van der Waals surface area (Å²) < 4.78 is 1.51. The third-order valence-electron chi connectivity index (χ3n) is 10.8. The second kappa shape index (κ2) is 10.6. The fourth-order valence-corrected chi connectivity index (χ4v) is 9.31. The van der Waals surface area contributed by atoms with Gasteiger partial charge in [0, 0.05) is 21.0 Å². The molecular weight excluding hydrogens is 573 g/mol. The maximum Gasteiger partial charge on any atom is 0.259 e. The average Bonchev–Trinajstić information content (AvgIpc) is 3.35. The Morgan fingerprint density at radius 1 is 0.674 bits per heavy atom. The minimum absolute atomic E-state index is 0.0370. The third kappa shape index (κ3) is 5.59. The zero-order valence-electron chi connectivity index (χ0n) is 31.1. The standard InChI is InChI=1S/C43H56BNS/c1-27-18-19-33-34(22-27)45(32-25-29(40(5,6)7)23-30(26-32)41(8,9)10)36-35-37(43(13,14)21-20-42(35,11)12)46-38(36)44(33)31-17-15-16-28(24-31)39(2,3)4/h15-19,22-26H,20-21H2,1-14H3. The first-order valence-electron chi connectivity index (χ1n) is 17.4. The zero-order valence-corrected chi connectivity index (χ0v) is 31.9. The fraction of sp³-hybridized carbons (Fsp3) is 0.488. The molecule has 0 bridgehead atoms. The molecule has 2 aliphatic rings. The number of benzene rings is 3. The molecule has 0 fully saturated rings. The van der Waals surface area contributed by atoms with Gasteiger partial charge in [0.25, 0.3) is 6.71 Å². The van der Waals surface area contributed by atoms with E-state index in [1.165, 1.54) is 67.9 Å². The SMILES string of the molecule is Cc1ccc2c(c1)N(c1cc(C(C)(C)C)cc(C(C)(C)C)c1)c1c(sc3c1C(C)(C)CCC3(C)C)B2c1cccc(C(C)(C)C)c1. The van der Waals surface area contributed by atoms with Crippen molar-refractivity contribution in [2.24, 2.45) is 0 Å². The van der Waals surface area contributed by atoms with Gasteiger partial charge < -0.3 is 4.90 Å². The monoisotopic (exact) mass is 629 g/mol. The van der Waals surface area contributed by atoms with E-state index in [2.05, 4.69) is 174 Å². The summed E-state index contributed by atoms with van der Waals surface area (Å²) in [6.07, 6.45) is 2.42. The van der Waals surface area contributed by atoms with Crippen molar-refractivity contribution < 1.29 is 0 Å². The van der Waals surface area contributed by atoms with Crippen molar-refractivity contribution in [3.8, 4) is 0 Å². The van der Waals surface area contributed by atoms with E-state index < -0.39 is 0 Å². The fourth-order valence-electron chi connectivity index (χ4n) is 7.57. The van der Waals surface area contributed by atoms with Gasteiger partial charge in [0.15, 0.2) is 0 Å². The summed E-state index contributed by atoms with van der Waals surface area (Å²) in [5.74, 6) is 0. The van der Waals surface area contributed by atoms with E-state index in [1.54, 1.807) is 10.4 Å². The van der Waals surface area contributed by atoms with Crippen LogP contribution in [0.5, 0.6) is 0 Å². The lowest BCUT2D eigenvalue weighted by Gasteiger charge is -2.43. The van der Waals surface area contributed by atoms with Crippen molar-refractivity contribution in [2.75, 3.05) is 4.90 Å². The van der Waals surface area contributed by atoms with Gasteiger partial charge in [-0.25, -0.2) is 0 Å². The van der Waals surface area contributed by atoms with Gasteiger partial charge >= 0.3 is 0 Å². The van der Waals surface area contributed by atoms with Crippen molar-refractivity contribution in [1.82, 2.24) is 0 Å². The van der Waals surface area contributed by atoms with E-state index in [1.807, 2.05) is 0 Å². The first-order chi connectivity index (χ1) is 21.1. The molecule has 0 radical (unpaired) electrons. The summed E-state index contributed by atoms with van der Waals surface area (Å²) in [5, 5.41) is 0. The number of hydrogen-bond donors (Lipinski definition) is 0. The smallest absolute Gasteiger partial charge is 0.259 e. The Morgan fingerprint density at radius 2 is 1.26 bits per heavy atom. The Kier molecular flexibility index (Phi) is 7.65. The van der Waals surface area contributed by atoms with Gasteiger partial charge in [0.1, 0.15) is 0 Å². The van der Waals surface area contributed by atoms with E-state index in [0.717, 1.165) is 0 Å². The largest absolute Gasteiger partial charge is 0.310 e. The van der Waals surface area contributed by atoms with Crippen molar-refractivity contribution in [1.29, 1.82) is 0 Å². The predicted molar refractivity (Wildman–Crippen MR) is 206 cm³/mol.